The minimum atomic E-state index is 0.557. The lowest BCUT2D eigenvalue weighted by Crippen LogP contribution is -2.15. The number of hydrogen-bond donors (Lipinski definition) is 1. The van der Waals surface area contributed by atoms with Crippen LogP contribution in [0.2, 0.25) is 0 Å². The molecule has 0 radical (unpaired) electrons. The molecule has 3 heteroatoms. The maximum atomic E-state index is 5.75. The van der Waals surface area contributed by atoms with Crippen molar-refractivity contribution in [2.24, 2.45) is 11.7 Å². The molecule has 2 rings (SSSR count). The molecule has 96 valence electrons. The standard InChI is InChI=1S/C15H20N2S/c1-3-12(9-16)8-15-17-14(10-18-15)13-6-4-5-11(2)7-13/h4-7,10,12H,3,8-9,16H2,1-2H3. The lowest BCUT2D eigenvalue weighted by atomic mass is 10.0. The molecule has 1 aromatic heterocycles. The maximum absolute atomic E-state index is 5.75. The van der Waals surface area contributed by atoms with Crippen LogP contribution in [0.3, 0.4) is 0 Å². The van der Waals surface area contributed by atoms with Crippen LogP contribution in [0.15, 0.2) is 29.6 Å². The Morgan fingerprint density at radius 3 is 2.89 bits per heavy atom. The van der Waals surface area contributed by atoms with E-state index in [4.69, 9.17) is 10.7 Å². The van der Waals surface area contributed by atoms with Crippen molar-refractivity contribution >= 4 is 11.3 Å². The van der Waals surface area contributed by atoms with Crippen LogP contribution in [0.25, 0.3) is 11.3 Å². The third kappa shape index (κ3) is 3.18. The van der Waals surface area contributed by atoms with Crippen molar-refractivity contribution in [3.63, 3.8) is 0 Å². The number of nitrogens with zero attached hydrogens (tertiary/aromatic N) is 1. The van der Waals surface area contributed by atoms with Gasteiger partial charge in [0.2, 0.25) is 0 Å². The van der Waals surface area contributed by atoms with E-state index < -0.39 is 0 Å². The van der Waals surface area contributed by atoms with Gasteiger partial charge in [0.05, 0.1) is 10.7 Å². The zero-order chi connectivity index (χ0) is 13.0. The molecule has 0 aliphatic heterocycles. The molecule has 0 saturated heterocycles. The zero-order valence-corrected chi connectivity index (χ0v) is 11.8. The van der Waals surface area contributed by atoms with Crippen LogP contribution in [0, 0.1) is 12.8 Å². The van der Waals surface area contributed by atoms with Crippen molar-refractivity contribution in [1.29, 1.82) is 0 Å². The summed E-state index contributed by atoms with van der Waals surface area (Å²) in [4.78, 5) is 4.72. The SMILES string of the molecule is CCC(CN)Cc1nc(-c2cccc(C)c2)cs1. The van der Waals surface area contributed by atoms with Crippen LogP contribution in [-0.2, 0) is 6.42 Å². The van der Waals surface area contributed by atoms with E-state index in [0.29, 0.717) is 5.92 Å². The van der Waals surface area contributed by atoms with E-state index in [9.17, 15) is 0 Å². The lowest BCUT2D eigenvalue weighted by molar-refractivity contribution is 0.518. The largest absolute Gasteiger partial charge is 0.330 e. The summed E-state index contributed by atoms with van der Waals surface area (Å²) in [5.74, 6) is 0.557. The first-order chi connectivity index (χ1) is 8.72. The van der Waals surface area contributed by atoms with Gasteiger partial charge in [-0.1, -0.05) is 37.1 Å². The van der Waals surface area contributed by atoms with E-state index in [2.05, 4.69) is 43.5 Å². The molecule has 0 amide bonds. The van der Waals surface area contributed by atoms with Gasteiger partial charge in [-0.3, -0.25) is 0 Å². The summed E-state index contributed by atoms with van der Waals surface area (Å²) in [6.45, 7) is 5.04. The molecule has 1 aromatic carbocycles. The number of nitrogens with two attached hydrogens (primary N) is 1. The van der Waals surface area contributed by atoms with Crippen molar-refractivity contribution in [2.45, 2.75) is 26.7 Å². The van der Waals surface area contributed by atoms with Gasteiger partial charge in [-0.2, -0.15) is 0 Å². The first kappa shape index (κ1) is 13.2. The minimum absolute atomic E-state index is 0.557. The van der Waals surface area contributed by atoms with E-state index in [0.717, 1.165) is 25.1 Å². The second-order valence-electron chi connectivity index (χ2n) is 4.71. The molecule has 0 bridgehead atoms. The fraction of sp³-hybridized carbons (Fsp3) is 0.400. The Kier molecular flexibility index (Phi) is 4.50. The average molecular weight is 260 g/mol. The fourth-order valence-electron chi connectivity index (χ4n) is 1.98. The monoisotopic (exact) mass is 260 g/mol. The number of hydrogen-bond acceptors (Lipinski definition) is 3. The second kappa shape index (κ2) is 6.12. The molecule has 1 unspecified atom stereocenters. The van der Waals surface area contributed by atoms with Gasteiger partial charge >= 0.3 is 0 Å². The van der Waals surface area contributed by atoms with E-state index in [1.54, 1.807) is 11.3 Å². The van der Waals surface area contributed by atoms with Gasteiger partial charge in [-0.05, 0) is 25.5 Å². The highest BCUT2D eigenvalue weighted by molar-refractivity contribution is 7.09. The quantitative estimate of drug-likeness (QED) is 0.891. The van der Waals surface area contributed by atoms with Crippen LogP contribution in [0.5, 0.6) is 0 Å². The van der Waals surface area contributed by atoms with Gasteiger partial charge in [0.15, 0.2) is 0 Å². The molecule has 2 aromatic rings. The molecular weight excluding hydrogens is 240 g/mol. The van der Waals surface area contributed by atoms with E-state index in [1.165, 1.54) is 16.1 Å². The van der Waals surface area contributed by atoms with Crippen molar-refractivity contribution in [1.82, 2.24) is 4.98 Å². The first-order valence-electron chi connectivity index (χ1n) is 6.44. The molecule has 0 aliphatic carbocycles. The average Bonchev–Trinajstić information content (AvgIpc) is 2.84. The predicted molar refractivity (Wildman–Crippen MR) is 78.8 cm³/mol. The summed E-state index contributed by atoms with van der Waals surface area (Å²) in [7, 11) is 0. The van der Waals surface area contributed by atoms with E-state index in [-0.39, 0.29) is 0 Å². The molecule has 0 saturated carbocycles. The summed E-state index contributed by atoms with van der Waals surface area (Å²) in [6, 6.07) is 8.49. The van der Waals surface area contributed by atoms with Crippen LogP contribution in [-0.4, -0.2) is 11.5 Å². The highest BCUT2D eigenvalue weighted by Crippen LogP contribution is 2.24. The Balaban J connectivity index is 2.15. The second-order valence-corrected chi connectivity index (χ2v) is 5.65. The summed E-state index contributed by atoms with van der Waals surface area (Å²) in [6.07, 6.45) is 2.12. The molecule has 0 fully saturated rings. The molecule has 0 aliphatic rings. The maximum Gasteiger partial charge on any atom is 0.0935 e. The van der Waals surface area contributed by atoms with E-state index >= 15 is 0 Å². The highest BCUT2D eigenvalue weighted by atomic mass is 32.1. The molecule has 1 atom stereocenters. The summed E-state index contributed by atoms with van der Waals surface area (Å²) in [5.41, 5.74) is 9.31. The van der Waals surface area contributed by atoms with Crippen LogP contribution < -0.4 is 5.73 Å². The van der Waals surface area contributed by atoms with Crippen molar-refractivity contribution in [3.05, 3.63) is 40.2 Å². The van der Waals surface area contributed by atoms with Gasteiger partial charge in [0, 0.05) is 17.4 Å². The normalized spacial score (nSPS) is 12.6. The fourth-order valence-corrected chi connectivity index (χ4v) is 2.90. The Morgan fingerprint density at radius 2 is 2.22 bits per heavy atom. The number of aryl methyl sites for hydroxylation is 1. The number of benzene rings is 1. The smallest absolute Gasteiger partial charge is 0.0935 e. The van der Waals surface area contributed by atoms with Gasteiger partial charge in [0.1, 0.15) is 0 Å². The highest BCUT2D eigenvalue weighted by Gasteiger charge is 2.10. The van der Waals surface area contributed by atoms with Gasteiger partial charge in [-0.15, -0.1) is 11.3 Å². The minimum Gasteiger partial charge on any atom is -0.330 e. The molecular formula is C15H20N2S. The Bertz CT molecular complexity index is 501. The van der Waals surface area contributed by atoms with Gasteiger partial charge < -0.3 is 5.73 Å². The lowest BCUT2D eigenvalue weighted by Gasteiger charge is -2.08. The van der Waals surface area contributed by atoms with Crippen molar-refractivity contribution < 1.29 is 0 Å². The third-order valence-electron chi connectivity index (χ3n) is 3.24. The summed E-state index contributed by atoms with van der Waals surface area (Å²) < 4.78 is 0. The molecule has 2 nitrogen and oxygen atoms in total. The van der Waals surface area contributed by atoms with E-state index in [1.807, 2.05) is 0 Å². The first-order valence-corrected chi connectivity index (χ1v) is 7.32. The summed E-state index contributed by atoms with van der Waals surface area (Å²) >= 11 is 1.74. The van der Waals surface area contributed by atoms with Gasteiger partial charge in [0.25, 0.3) is 0 Å². The molecule has 18 heavy (non-hydrogen) atoms. The van der Waals surface area contributed by atoms with Crippen LogP contribution in [0.4, 0.5) is 0 Å². The predicted octanol–water partition coefficient (Wildman–Crippen LogP) is 3.65. The Labute approximate surface area is 113 Å². The van der Waals surface area contributed by atoms with Crippen LogP contribution in [0.1, 0.15) is 23.9 Å². The number of thiazole rings is 1. The van der Waals surface area contributed by atoms with Crippen molar-refractivity contribution in [2.75, 3.05) is 6.54 Å². The van der Waals surface area contributed by atoms with Gasteiger partial charge in [-0.25, -0.2) is 4.98 Å². The Hall–Kier alpha value is -1.19. The molecule has 2 N–H and O–H groups in total. The molecule has 1 heterocycles. The topological polar surface area (TPSA) is 38.9 Å². The third-order valence-corrected chi connectivity index (χ3v) is 4.11. The number of aromatic nitrogens is 1. The Morgan fingerprint density at radius 1 is 1.39 bits per heavy atom. The number of rotatable bonds is 5. The molecule has 0 spiro atoms. The summed E-state index contributed by atoms with van der Waals surface area (Å²) in [5, 5.41) is 3.34. The van der Waals surface area contributed by atoms with Crippen LogP contribution >= 0.6 is 11.3 Å². The van der Waals surface area contributed by atoms with Crippen molar-refractivity contribution in [3.8, 4) is 11.3 Å². The zero-order valence-electron chi connectivity index (χ0n) is 11.0.